The number of hydrogen-bond acceptors (Lipinski definition) is 7. The Hall–Kier alpha value is -3.09. The van der Waals surface area contributed by atoms with Crippen LogP contribution in [0.2, 0.25) is 0 Å². The predicted molar refractivity (Wildman–Crippen MR) is 111 cm³/mol. The summed E-state index contributed by atoms with van der Waals surface area (Å²) in [5.41, 5.74) is 0.142. The molecule has 162 valence electrons. The quantitative estimate of drug-likeness (QED) is 0.275. The first kappa shape index (κ1) is 23.2. The lowest BCUT2D eigenvalue weighted by molar-refractivity contribution is -0.158. The number of rotatable bonds is 8. The summed E-state index contributed by atoms with van der Waals surface area (Å²) in [5, 5.41) is 0. The van der Waals surface area contributed by atoms with Gasteiger partial charge in [-0.05, 0) is 56.4 Å². The number of ether oxygens (including phenoxy) is 4. The van der Waals surface area contributed by atoms with Gasteiger partial charge in [0.15, 0.2) is 11.5 Å². The molecule has 0 saturated heterocycles. The summed E-state index contributed by atoms with van der Waals surface area (Å²) < 4.78 is 20.9. The van der Waals surface area contributed by atoms with Crippen LogP contribution in [-0.2, 0) is 23.9 Å². The average molecular weight is 416 g/mol. The van der Waals surface area contributed by atoms with Crippen molar-refractivity contribution in [3.63, 3.8) is 0 Å². The second kappa shape index (κ2) is 10.6. The van der Waals surface area contributed by atoms with E-state index < -0.39 is 17.4 Å². The average Bonchev–Trinajstić information content (AvgIpc) is 2.72. The number of hydrogen-bond donors (Lipinski definition) is 0. The highest BCUT2D eigenvalue weighted by molar-refractivity contribution is 5.87. The van der Waals surface area contributed by atoms with Gasteiger partial charge in [0.05, 0.1) is 12.5 Å². The Bertz CT molecular complexity index is 817. The second-order valence-corrected chi connectivity index (χ2v) is 7.42. The molecule has 0 N–H and O–H groups in total. The lowest BCUT2D eigenvalue weighted by atomic mass is 9.74. The highest BCUT2D eigenvalue weighted by Crippen LogP contribution is 2.38. The first-order chi connectivity index (χ1) is 14.3. The Morgan fingerprint density at radius 2 is 1.90 bits per heavy atom. The lowest BCUT2D eigenvalue weighted by Crippen LogP contribution is -2.37. The van der Waals surface area contributed by atoms with E-state index in [4.69, 9.17) is 18.9 Å². The lowest BCUT2D eigenvalue weighted by Gasteiger charge is -2.34. The molecular formula is C23H28O7. The smallest absolute Gasteiger partial charge is 0.331 e. The zero-order chi connectivity index (χ0) is 22.1. The van der Waals surface area contributed by atoms with E-state index in [9.17, 15) is 14.4 Å². The van der Waals surface area contributed by atoms with Crippen LogP contribution in [0.25, 0.3) is 6.08 Å². The van der Waals surface area contributed by atoms with Crippen LogP contribution >= 0.6 is 0 Å². The molecule has 30 heavy (non-hydrogen) atoms. The maximum absolute atomic E-state index is 12.2. The summed E-state index contributed by atoms with van der Waals surface area (Å²) in [6.45, 7) is 6.93. The van der Waals surface area contributed by atoms with Crippen molar-refractivity contribution >= 4 is 24.0 Å². The summed E-state index contributed by atoms with van der Waals surface area (Å²) >= 11 is 0. The summed E-state index contributed by atoms with van der Waals surface area (Å²) in [4.78, 5) is 35.5. The minimum absolute atomic E-state index is 0.199. The number of methoxy groups -OCH3 is 1. The van der Waals surface area contributed by atoms with Gasteiger partial charge in [-0.3, -0.25) is 9.59 Å². The van der Waals surface area contributed by atoms with Crippen molar-refractivity contribution in [2.45, 2.75) is 45.6 Å². The van der Waals surface area contributed by atoms with Crippen molar-refractivity contribution in [2.75, 3.05) is 13.7 Å². The molecule has 0 aromatic heterocycles. The Kier molecular flexibility index (Phi) is 8.21. The van der Waals surface area contributed by atoms with Crippen LogP contribution in [0.3, 0.4) is 0 Å². The topological polar surface area (TPSA) is 88.1 Å². The molecule has 1 fully saturated rings. The Labute approximate surface area is 176 Å². The molecule has 0 atom stereocenters. The minimum Gasteiger partial charge on any atom is -0.493 e. The Morgan fingerprint density at radius 1 is 1.20 bits per heavy atom. The van der Waals surface area contributed by atoms with Crippen LogP contribution < -0.4 is 9.47 Å². The van der Waals surface area contributed by atoms with Gasteiger partial charge in [0, 0.05) is 13.0 Å². The van der Waals surface area contributed by atoms with E-state index in [1.54, 1.807) is 30.4 Å². The third kappa shape index (κ3) is 6.47. The molecule has 2 rings (SSSR count). The third-order valence-electron chi connectivity index (χ3n) is 5.00. The zero-order valence-electron chi connectivity index (χ0n) is 17.6. The fourth-order valence-electron chi connectivity index (χ4n) is 3.25. The summed E-state index contributed by atoms with van der Waals surface area (Å²) in [5.74, 6) is -0.450. The van der Waals surface area contributed by atoms with Gasteiger partial charge >= 0.3 is 17.9 Å². The minimum atomic E-state index is -0.554. The van der Waals surface area contributed by atoms with Gasteiger partial charge in [-0.1, -0.05) is 18.7 Å². The van der Waals surface area contributed by atoms with E-state index in [1.807, 2.05) is 6.92 Å². The molecule has 0 aliphatic heterocycles. The maximum Gasteiger partial charge on any atom is 0.331 e. The number of carbonyl (C=O) groups excluding carboxylic acids is 3. The Morgan fingerprint density at radius 3 is 2.50 bits per heavy atom. The van der Waals surface area contributed by atoms with Crippen molar-refractivity contribution in [1.82, 2.24) is 0 Å². The largest absolute Gasteiger partial charge is 0.493 e. The van der Waals surface area contributed by atoms with Crippen LogP contribution in [0.1, 0.15) is 45.1 Å². The summed E-state index contributed by atoms with van der Waals surface area (Å²) in [6.07, 6.45) is 6.64. The van der Waals surface area contributed by atoms with E-state index in [0.717, 1.165) is 0 Å². The fraction of sp³-hybridized carbons (Fsp3) is 0.435. The normalized spacial score (nSPS) is 21.0. The second-order valence-electron chi connectivity index (χ2n) is 7.42. The monoisotopic (exact) mass is 416 g/mol. The first-order valence-corrected chi connectivity index (χ1v) is 9.80. The predicted octanol–water partition coefficient (Wildman–Crippen LogP) is 3.86. The van der Waals surface area contributed by atoms with Gasteiger partial charge in [-0.25, -0.2) is 4.79 Å². The summed E-state index contributed by atoms with van der Waals surface area (Å²) in [7, 11) is 1.47. The molecule has 1 aliphatic rings. The van der Waals surface area contributed by atoms with Crippen molar-refractivity contribution in [3.8, 4) is 11.5 Å². The van der Waals surface area contributed by atoms with Crippen molar-refractivity contribution in [1.29, 1.82) is 0 Å². The molecule has 1 aromatic rings. The van der Waals surface area contributed by atoms with Gasteiger partial charge in [-0.2, -0.15) is 0 Å². The highest BCUT2D eigenvalue weighted by Gasteiger charge is 2.39. The van der Waals surface area contributed by atoms with E-state index >= 15 is 0 Å². The van der Waals surface area contributed by atoms with E-state index in [-0.39, 0.29) is 18.7 Å². The van der Waals surface area contributed by atoms with E-state index in [2.05, 4.69) is 6.58 Å². The maximum atomic E-state index is 12.2. The van der Waals surface area contributed by atoms with Gasteiger partial charge in [0.1, 0.15) is 12.7 Å². The molecule has 1 aliphatic carbocycles. The SMILES string of the molecule is C=CCOC(=O)[C@]1(C)CC[C@H](OC(=O)C=Cc2ccc(OC(C)=O)c(OC)c2)CC1. The van der Waals surface area contributed by atoms with Crippen LogP contribution in [-0.4, -0.2) is 37.7 Å². The highest BCUT2D eigenvalue weighted by atomic mass is 16.6. The molecular weight excluding hydrogens is 388 g/mol. The van der Waals surface area contributed by atoms with Crippen molar-refractivity contribution in [3.05, 3.63) is 42.5 Å². The van der Waals surface area contributed by atoms with Crippen molar-refractivity contribution < 1.29 is 33.3 Å². The molecule has 0 spiro atoms. The molecule has 7 nitrogen and oxygen atoms in total. The molecule has 0 heterocycles. The van der Waals surface area contributed by atoms with Gasteiger partial charge in [0.2, 0.25) is 0 Å². The summed E-state index contributed by atoms with van der Waals surface area (Å²) in [6, 6.07) is 4.95. The van der Waals surface area contributed by atoms with Crippen LogP contribution in [0.4, 0.5) is 0 Å². The molecule has 1 saturated carbocycles. The third-order valence-corrected chi connectivity index (χ3v) is 5.00. The molecule has 1 aromatic carbocycles. The number of benzene rings is 1. The van der Waals surface area contributed by atoms with Gasteiger partial charge in [0.25, 0.3) is 0 Å². The molecule has 0 amide bonds. The van der Waals surface area contributed by atoms with Crippen molar-refractivity contribution in [2.24, 2.45) is 5.41 Å². The number of carbonyl (C=O) groups is 3. The van der Waals surface area contributed by atoms with E-state index in [0.29, 0.717) is 42.7 Å². The molecule has 0 radical (unpaired) electrons. The van der Waals surface area contributed by atoms with Gasteiger partial charge < -0.3 is 18.9 Å². The van der Waals surface area contributed by atoms with E-state index in [1.165, 1.54) is 20.1 Å². The van der Waals surface area contributed by atoms with Gasteiger partial charge in [-0.15, -0.1) is 0 Å². The van der Waals surface area contributed by atoms with Crippen LogP contribution in [0.5, 0.6) is 11.5 Å². The zero-order valence-corrected chi connectivity index (χ0v) is 17.6. The van der Waals surface area contributed by atoms with Crippen LogP contribution in [0, 0.1) is 5.41 Å². The fourth-order valence-corrected chi connectivity index (χ4v) is 3.25. The first-order valence-electron chi connectivity index (χ1n) is 9.80. The molecule has 0 bridgehead atoms. The molecule has 0 unspecified atom stereocenters. The van der Waals surface area contributed by atoms with Crippen LogP contribution in [0.15, 0.2) is 36.9 Å². The number of esters is 3. The standard InChI is InChI=1S/C23H28O7/c1-5-14-28-22(26)23(3)12-10-18(11-13-23)30-21(25)9-7-17-6-8-19(29-16(2)24)20(15-17)27-4/h5-9,15,18H,1,10-14H2,2-4H3/t18-,23+. The Balaban J connectivity index is 1.89. The molecule has 7 heteroatoms.